The Morgan fingerprint density at radius 1 is 1.50 bits per heavy atom. The second kappa shape index (κ2) is 2.97. The first kappa shape index (κ1) is 7.35. The molecule has 0 spiro atoms. The highest BCUT2D eigenvalue weighted by atomic mass is 16.6. The Kier molecular flexibility index (Phi) is 1.82. The topological polar surface area (TPSA) is 21.6 Å². The van der Waals surface area contributed by atoms with Crippen molar-refractivity contribution in [2.75, 3.05) is 0 Å². The van der Waals surface area contributed by atoms with E-state index in [0.717, 1.165) is 6.42 Å². The average molecular weight is 161 g/mol. The van der Waals surface area contributed by atoms with E-state index in [1.54, 1.807) is 0 Å². The number of nitrogens with zero attached hydrogens (tertiary/aromatic N) is 1. The summed E-state index contributed by atoms with van der Waals surface area (Å²) < 4.78 is 0. The lowest BCUT2D eigenvalue weighted by molar-refractivity contribution is 0.0857. The van der Waals surface area contributed by atoms with Gasteiger partial charge in [-0.2, -0.15) is 0 Å². The van der Waals surface area contributed by atoms with E-state index < -0.39 is 0 Å². The molecule has 62 valence electrons. The molecule has 0 saturated heterocycles. The normalized spacial score (nSPS) is 20.9. The number of oxime groups is 1. The van der Waals surface area contributed by atoms with Gasteiger partial charge in [0.05, 0.1) is 0 Å². The van der Waals surface area contributed by atoms with Crippen LogP contribution in [0.15, 0.2) is 29.4 Å². The molecule has 0 radical (unpaired) electrons. The van der Waals surface area contributed by atoms with Gasteiger partial charge >= 0.3 is 0 Å². The Morgan fingerprint density at radius 3 is 3.08 bits per heavy atom. The van der Waals surface area contributed by atoms with E-state index in [-0.39, 0.29) is 6.10 Å². The van der Waals surface area contributed by atoms with Crippen LogP contribution in [-0.2, 0) is 4.84 Å². The second-order valence-corrected chi connectivity index (χ2v) is 3.03. The molecule has 12 heavy (non-hydrogen) atoms. The summed E-state index contributed by atoms with van der Waals surface area (Å²) in [6.45, 7) is 2.08. The summed E-state index contributed by atoms with van der Waals surface area (Å²) in [5, 5.41) is 3.75. The Bertz CT molecular complexity index is 298. The first-order valence-corrected chi connectivity index (χ1v) is 4.10. The van der Waals surface area contributed by atoms with Crippen molar-refractivity contribution in [3.05, 3.63) is 35.4 Å². The largest absolute Gasteiger partial charge is 0.388 e. The van der Waals surface area contributed by atoms with Crippen molar-refractivity contribution < 1.29 is 4.84 Å². The summed E-state index contributed by atoms with van der Waals surface area (Å²) >= 11 is 0. The standard InChI is InChI=1S/C10H11NO/c1-8-3-2-4-9(7-8)10-5-6-11-12-10/h2-4,6-7,10H,5H2,1H3/t10-/m0/s1. The maximum absolute atomic E-state index is 5.16. The summed E-state index contributed by atoms with van der Waals surface area (Å²) in [4.78, 5) is 5.16. The van der Waals surface area contributed by atoms with Crippen molar-refractivity contribution in [2.24, 2.45) is 5.16 Å². The molecule has 1 heterocycles. The molecule has 0 saturated carbocycles. The van der Waals surface area contributed by atoms with Gasteiger partial charge in [0, 0.05) is 12.6 Å². The summed E-state index contributed by atoms with van der Waals surface area (Å²) in [7, 11) is 0. The highest BCUT2D eigenvalue weighted by Gasteiger charge is 2.15. The minimum absolute atomic E-state index is 0.143. The van der Waals surface area contributed by atoms with E-state index >= 15 is 0 Å². The van der Waals surface area contributed by atoms with Gasteiger partial charge in [-0.15, -0.1) is 0 Å². The van der Waals surface area contributed by atoms with Crippen LogP contribution >= 0.6 is 0 Å². The van der Waals surface area contributed by atoms with E-state index in [2.05, 4.69) is 30.3 Å². The minimum atomic E-state index is 0.143. The summed E-state index contributed by atoms with van der Waals surface area (Å²) in [6, 6.07) is 8.34. The van der Waals surface area contributed by atoms with Gasteiger partial charge in [-0.05, 0) is 12.5 Å². The molecule has 1 aromatic rings. The maximum atomic E-state index is 5.16. The Morgan fingerprint density at radius 2 is 2.42 bits per heavy atom. The molecule has 0 unspecified atom stereocenters. The van der Waals surface area contributed by atoms with Gasteiger partial charge in [-0.25, -0.2) is 0 Å². The maximum Gasteiger partial charge on any atom is 0.157 e. The van der Waals surface area contributed by atoms with Gasteiger partial charge in [-0.1, -0.05) is 35.0 Å². The molecule has 0 aliphatic carbocycles. The van der Waals surface area contributed by atoms with Crippen LogP contribution in [0.5, 0.6) is 0 Å². The van der Waals surface area contributed by atoms with Gasteiger partial charge in [0.1, 0.15) is 0 Å². The summed E-state index contributed by atoms with van der Waals surface area (Å²) in [5.74, 6) is 0. The molecule has 2 nitrogen and oxygen atoms in total. The molecule has 1 aromatic carbocycles. The van der Waals surface area contributed by atoms with Crippen LogP contribution in [0.25, 0.3) is 0 Å². The Labute approximate surface area is 71.8 Å². The van der Waals surface area contributed by atoms with E-state index in [1.807, 2.05) is 12.3 Å². The van der Waals surface area contributed by atoms with Gasteiger partial charge < -0.3 is 4.84 Å². The molecule has 0 amide bonds. The number of hydrogen-bond acceptors (Lipinski definition) is 2. The molecular formula is C10H11NO. The van der Waals surface area contributed by atoms with Crippen LogP contribution in [0, 0.1) is 6.92 Å². The van der Waals surface area contributed by atoms with E-state index in [0.29, 0.717) is 0 Å². The van der Waals surface area contributed by atoms with Crippen LogP contribution in [0.1, 0.15) is 23.7 Å². The molecule has 1 aliphatic heterocycles. The van der Waals surface area contributed by atoms with Crippen molar-refractivity contribution in [3.63, 3.8) is 0 Å². The number of aryl methyl sites for hydroxylation is 1. The number of benzene rings is 1. The first-order valence-electron chi connectivity index (χ1n) is 4.10. The number of rotatable bonds is 1. The molecule has 2 heteroatoms. The minimum Gasteiger partial charge on any atom is -0.388 e. The highest BCUT2D eigenvalue weighted by Crippen LogP contribution is 2.24. The zero-order valence-corrected chi connectivity index (χ0v) is 7.03. The zero-order chi connectivity index (χ0) is 8.39. The lowest BCUT2D eigenvalue weighted by Gasteiger charge is -2.08. The Balaban J connectivity index is 2.22. The molecular weight excluding hydrogens is 150 g/mol. The molecule has 1 aliphatic rings. The van der Waals surface area contributed by atoms with Crippen molar-refractivity contribution in [2.45, 2.75) is 19.4 Å². The third-order valence-electron chi connectivity index (χ3n) is 2.00. The average Bonchev–Trinajstić information content (AvgIpc) is 2.56. The van der Waals surface area contributed by atoms with Gasteiger partial charge in [0.25, 0.3) is 0 Å². The van der Waals surface area contributed by atoms with Gasteiger partial charge in [0.2, 0.25) is 0 Å². The molecule has 0 bridgehead atoms. The predicted octanol–water partition coefficient (Wildman–Crippen LogP) is 2.44. The first-order chi connectivity index (χ1) is 5.86. The molecule has 0 fully saturated rings. The van der Waals surface area contributed by atoms with Crippen LogP contribution in [0.4, 0.5) is 0 Å². The fourth-order valence-corrected chi connectivity index (χ4v) is 1.37. The third kappa shape index (κ3) is 1.33. The molecule has 2 rings (SSSR count). The van der Waals surface area contributed by atoms with Crippen LogP contribution in [0.3, 0.4) is 0 Å². The third-order valence-corrected chi connectivity index (χ3v) is 2.00. The number of hydrogen-bond donors (Lipinski definition) is 0. The molecule has 0 N–H and O–H groups in total. The molecule has 1 atom stereocenters. The van der Waals surface area contributed by atoms with E-state index in [1.165, 1.54) is 11.1 Å². The fourth-order valence-electron chi connectivity index (χ4n) is 1.37. The van der Waals surface area contributed by atoms with Crippen molar-refractivity contribution >= 4 is 6.21 Å². The SMILES string of the molecule is Cc1cccc([C@@H]2CC=NO2)c1. The quantitative estimate of drug-likeness (QED) is 0.620. The predicted molar refractivity (Wildman–Crippen MR) is 48.1 cm³/mol. The zero-order valence-electron chi connectivity index (χ0n) is 7.03. The van der Waals surface area contributed by atoms with Crippen LogP contribution in [0.2, 0.25) is 0 Å². The monoisotopic (exact) mass is 161 g/mol. The Hall–Kier alpha value is -1.31. The smallest absolute Gasteiger partial charge is 0.157 e. The summed E-state index contributed by atoms with van der Waals surface area (Å²) in [6.07, 6.45) is 2.85. The second-order valence-electron chi connectivity index (χ2n) is 3.03. The van der Waals surface area contributed by atoms with Gasteiger partial charge in [-0.3, -0.25) is 0 Å². The fraction of sp³-hybridized carbons (Fsp3) is 0.300. The van der Waals surface area contributed by atoms with Crippen molar-refractivity contribution in [1.29, 1.82) is 0 Å². The lowest BCUT2D eigenvalue weighted by atomic mass is 10.1. The lowest BCUT2D eigenvalue weighted by Crippen LogP contribution is -1.95. The van der Waals surface area contributed by atoms with E-state index in [4.69, 9.17) is 4.84 Å². The highest BCUT2D eigenvalue weighted by molar-refractivity contribution is 5.59. The van der Waals surface area contributed by atoms with Crippen molar-refractivity contribution in [1.82, 2.24) is 0 Å². The van der Waals surface area contributed by atoms with E-state index in [9.17, 15) is 0 Å². The van der Waals surface area contributed by atoms with Crippen LogP contribution in [-0.4, -0.2) is 6.21 Å². The summed E-state index contributed by atoms with van der Waals surface area (Å²) in [5.41, 5.74) is 2.48. The molecule has 0 aromatic heterocycles. The van der Waals surface area contributed by atoms with Gasteiger partial charge in [0.15, 0.2) is 6.10 Å². The van der Waals surface area contributed by atoms with Crippen molar-refractivity contribution in [3.8, 4) is 0 Å². The van der Waals surface area contributed by atoms with Crippen LogP contribution < -0.4 is 0 Å².